The minimum atomic E-state index is -4.08. The fourth-order valence-electron chi connectivity index (χ4n) is 3.53. The molecule has 0 heterocycles. The molecule has 2 aromatic rings. The predicted molar refractivity (Wildman–Crippen MR) is 136 cm³/mol. The van der Waals surface area contributed by atoms with E-state index in [4.69, 9.17) is 4.74 Å². The number of nitro benzene ring substituents is 1. The summed E-state index contributed by atoms with van der Waals surface area (Å²) in [5.41, 5.74) is 1.18. The Balaban J connectivity index is 2.51. The molecule has 1 unspecified atom stereocenters. The first-order valence-electron chi connectivity index (χ1n) is 11.3. The van der Waals surface area contributed by atoms with Crippen molar-refractivity contribution in [2.24, 2.45) is 0 Å². The quantitative estimate of drug-likeness (QED) is 0.335. The third-order valence-corrected chi connectivity index (χ3v) is 6.77. The highest BCUT2D eigenvalue weighted by Gasteiger charge is 2.32. The number of rotatable bonds is 12. The van der Waals surface area contributed by atoms with Gasteiger partial charge in [-0.3, -0.25) is 24.0 Å². The van der Waals surface area contributed by atoms with Crippen LogP contribution in [0, 0.1) is 17.0 Å². The van der Waals surface area contributed by atoms with Crippen molar-refractivity contribution >= 4 is 33.2 Å². The lowest BCUT2D eigenvalue weighted by Gasteiger charge is -2.32. The second-order valence-corrected chi connectivity index (χ2v) is 10.2. The van der Waals surface area contributed by atoms with Gasteiger partial charge in [-0.05, 0) is 37.5 Å². The average molecular weight is 521 g/mol. The lowest BCUT2D eigenvalue weighted by molar-refractivity contribution is -0.384. The highest BCUT2D eigenvalue weighted by Crippen LogP contribution is 2.34. The number of ether oxygens (including phenoxy) is 1. The number of carbonyl (C=O) groups excluding carboxylic acids is 2. The Hall–Kier alpha value is -3.67. The van der Waals surface area contributed by atoms with E-state index in [9.17, 15) is 28.1 Å². The Morgan fingerprint density at radius 2 is 1.86 bits per heavy atom. The van der Waals surface area contributed by atoms with Crippen molar-refractivity contribution in [3.63, 3.8) is 0 Å². The van der Waals surface area contributed by atoms with Crippen LogP contribution in [-0.2, 0) is 26.2 Å². The number of nitrogens with one attached hydrogen (secondary N) is 1. The van der Waals surface area contributed by atoms with Gasteiger partial charge in [0.1, 0.15) is 24.0 Å². The van der Waals surface area contributed by atoms with Gasteiger partial charge < -0.3 is 15.0 Å². The van der Waals surface area contributed by atoms with Crippen molar-refractivity contribution in [3.8, 4) is 5.75 Å². The molecule has 36 heavy (non-hydrogen) atoms. The molecule has 2 aromatic carbocycles. The average Bonchev–Trinajstić information content (AvgIpc) is 2.83. The maximum absolute atomic E-state index is 13.6. The highest BCUT2D eigenvalue weighted by atomic mass is 32.2. The number of non-ortho nitro benzene ring substituents is 1. The molecule has 12 heteroatoms. The Morgan fingerprint density at radius 3 is 2.42 bits per heavy atom. The molecule has 0 aliphatic heterocycles. The van der Waals surface area contributed by atoms with Gasteiger partial charge in [0.25, 0.3) is 5.69 Å². The number of amides is 2. The van der Waals surface area contributed by atoms with Crippen LogP contribution in [0.4, 0.5) is 11.4 Å². The minimum Gasteiger partial charge on any atom is -0.495 e. The summed E-state index contributed by atoms with van der Waals surface area (Å²) in [6.45, 7) is 5.15. The van der Waals surface area contributed by atoms with Crippen LogP contribution in [0.3, 0.4) is 0 Å². The van der Waals surface area contributed by atoms with Gasteiger partial charge in [0, 0.05) is 25.2 Å². The molecule has 0 saturated heterocycles. The molecule has 0 bridgehead atoms. The van der Waals surface area contributed by atoms with Crippen molar-refractivity contribution in [3.05, 3.63) is 63.7 Å². The lowest BCUT2D eigenvalue weighted by atomic mass is 10.1. The maximum Gasteiger partial charge on any atom is 0.271 e. The number of hydrogen-bond acceptors (Lipinski definition) is 7. The second kappa shape index (κ2) is 12.3. The first-order chi connectivity index (χ1) is 16.9. The molecule has 2 rings (SSSR count). The van der Waals surface area contributed by atoms with E-state index in [0.29, 0.717) is 13.0 Å². The van der Waals surface area contributed by atoms with Crippen molar-refractivity contribution in [2.75, 3.05) is 30.8 Å². The number of aryl methyl sites for hydroxylation is 1. The van der Waals surface area contributed by atoms with E-state index in [1.807, 2.05) is 38.1 Å². The fraction of sp³-hybridized carbons (Fsp3) is 0.417. The van der Waals surface area contributed by atoms with Crippen LogP contribution in [-0.4, -0.2) is 62.6 Å². The summed E-state index contributed by atoms with van der Waals surface area (Å²) in [6.07, 6.45) is 1.60. The Kier molecular flexibility index (Phi) is 9.79. The van der Waals surface area contributed by atoms with Gasteiger partial charge in [-0.15, -0.1) is 0 Å². The van der Waals surface area contributed by atoms with Crippen molar-refractivity contribution < 1.29 is 27.7 Å². The third-order valence-electron chi connectivity index (χ3n) is 5.64. The molecule has 1 atom stereocenters. The first-order valence-corrected chi connectivity index (χ1v) is 13.2. The van der Waals surface area contributed by atoms with Gasteiger partial charge in [-0.2, -0.15) is 0 Å². The van der Waals surface area contributed by atoms with Crippen LogP contribution in [0.1, 0.15) is 31.4 Å². The van der Waals surface area contributed by atoms with Gasteiger partial charge >= 0.3 is 0 Å². The third kappa shape index (κ3) is 7.17. The molecule has 0 saturated carbocycles. The molecule has 0 aliphatic rings. The minimum absolute atomic E-state index is 0.0398. The number of carbonyl (C=O) groups is 2. The standard InChI is InChI=1S/C24H32N4O7S/c1-6-13-25-24(30)18(3)26(15-19-10-8-7-9-17(19)2)23(29)16-27(36(5,33)34)21-14-20(28(31)32)11-12-22(21)35-4/h7-12,14,18H,6,13,15-16H2,1-5H3,(H,25,30). The lowest BCUT2D eigenvalue weighted by Crippen LogP contribution is -2.51. The van der Waals surface area contributed by atoms with E-state index in [2.05, 4.69) is 5.32 Å². The first kappa shape index (κ1) is 28.6. The van der Waals surface area contributed by atoms with Gasteiger partial charge in [-0.1, -0.05) is 31.2 Å². The number of hydrogen-bond donors (Lipinski definition) is 1. The summed E-state index contributed by atoms with van der Waals surface area (Å²) in [6, 6.07) is 9.93. The van der Waals surface area contributed by atoms with Gasteiger partial charge in [0.05, 0.1) is 18.3 Å². The monoisotopic (exact) mass is 520 g/mol. The van der Waals surface area contributed by atoms with E-state index in [1.54, 1.807) is 6.92 Å². The topological polar surface area (TPSA) is 139 Å². The zero-order chi connectivity index (χ0) is 27.0. The number of anilines is 1. The normalized spacial score (nSPS) is 11.9. The summed E-state index contributed by atoms with van der Waals surface area (Å²) >= 11 is 0. The van der Waals surface area contributed by atoms with Crippen LogP contribution in [0.5, 0.6) is 5.75 Å². The molecule has 0 aromatic heterocycles. The Bertz CT molecular complexity index is 1220. The van der Waals surface area contributed by atoms with E-state index in [1.165, 1.54) is 24.1 Å². The van der Waals surface area contributed by atoms with Gasteiger partial charge in [0.15, 0.2) is 0 Å². The molecule has 0 aliphatic carbocycles. The zero-order valence-electron chi connectivity index (χ0n) is 21.1. The SMILES string of the molecule is CCCNC(=O)C(C)N(Cc1ccccc1C)C(=O)CN(c1cc([N+](=O)[O-])ccc1OC)S(C)(=O)=O. The highest BCUT2D eigenvalue weighted by molar-refractivity contribution is 7.92. The van der Waals surface area contributed by atoms with E-state index in [-0.39, 0.29) is 29.6 Å². The Labute approximate surface area is 211 Å². The van der Waals surface area contributed by atoms with Crippen molar-refractivity contribution in [2.45, 2.75) is 39.8 Å². The van der Waals surface area contributed by atoms with Gasteiger partial charge in [-0.25, -0.2) is 8.42 Å². The zero-order valence-corrected chi connectivity index (χ0v) is 21.9. The smallest absolute Gasteiger partial charge is 0.271 e. The van der Waals surface area contributed by atoms with Crippen molar-refractivity contribution in [1.82, 2.24) is 10.2 Å². The summed E-state index contributed by atoms with van der Waals surface area (Å²) in [4.78, 5) is 38.3. The molecule has 0 fully saturated rings. The van der Waals surface area contributed by atoms with E-state index >= 15 is 0 Å². The molecule has 196 valence electrons. The van der Waals surface area contributed by atoms with Crippen LogP contribution in [0.2, 0.25) is 0 Å². The molecule has 2 amide bonds. The summed E-state index contributed by atoms with van der Waals surface area (Å²) < 4.78 is 31.5. The summed E-state index contributed by atoms with van der Waals surface area (Å²) in [5.74, 6) is -0.993. The number of nitrogens with zero attached hydrogens (tertiary/aromatic N) is 3. The number of nitro groups is 1. The van der Waals surface area contributed by atoms with Crippen LogP contribution < -0.4 is 14.4 Å². The number of methoxy groups -OCH3 is 1. The van der Waals surface area contributed by atoms with Crippen molar-refractivity contribution in [1.29, 1.82) is 0 Å². The predicted octanol–water partition coefficient (Wildman–Crippen LogP) is 2.62. The van der Waals surface area contributed by atoms with E-state index in [0.717, 1.165) is 27.8 Å². The van der Waals surface area contributed by atoms with Gasteiger partial charge in [0.2, 0.25) is 21.8 Å². The molecule has 11 nitrogen and oxygen atoms in total. The largest absolute Gasteiger partial charge is 0.495 e. The Morgan fingerprint density at radius 1 is 1.19 bits per heavy atom. The maximum atomic E-state index is 13.6. The molecule has 0 spiro atoms. The second-order valence-electron chi connectivity index (χ2n) is 8.30. The number of benzene rings is 2. The molecular weight excluding hydrogens is 488 g/mol. The van der Waals surface area contributed by atoms with E-state index < -0.39 is 33.4 Å². The summed E-state index contributed by atoms with van der Waals surface area (Å²) in [7, 11) is -2.79. The van der Waals surface area contributed by atoms with Crippen LogP contribution in [0.15, 0.2) is 42.5 Å². The summed E-state index contributed by atoms with van der Waals surface area (Å²) in [5, 5.41) is 14.1. The van der Waals surface area contributed by atoms with Crippen LogP contribution >= 0.6 is 0 Å². The number of sulfonamides is 1. The molecular formula is C24H32N4O7S. The molecule has 1 N–H and O–H groups in total. The molecule has 0 radical (unpaired) electrons. The fourth-order valence-corrected chi connectivity index (χ4v) is 4.38. The van der Waals surface area contributed by atoms with Crippen LogP contribution in [0.25, 0.3) is 0 Å².